The van der Waals surface area contributed by atoms with E-state index < -0.39 is 0 Å². The lowest BCUT2D eigenvalue weighted by molar-refractivity contribution is 0.382. The largest absolute Gasteiger partial charge is 0.314 e. The van der Waals surface area contributed by atoms with E-state index >= 15 is 0 Å². The summed E-state index contributed by atoms with van der Waals surface area (Å²) < 4.78 is 0. The Morgan fingerprint density at radius 2 is 2.00 bits per heavy atom. The van der Waals surface area contributed by atoms with Crippen LogP contribution in [0.3, 0.4) is 0 Å². The highest BCUT2D eigenvalue weighted by atomic mass is 14.9. The van der Waals surface area contributed by atoms with E-state index in [1.165, 1.54) is 38.6 Å². The fraction of sp³-hybridized carbons (Fsp3) is 1.00. The van der Waals surface area contributed by atoms with Crippen molar-refractivity contribution in [2.24, 2.45) is 5.92 Å². The summed E-state index contributed by atoms with van der Waals surface area (Å²) in [7, 11) is 0. The molecule has 1 aliphatic carbocycles. The highest BCUT2D eigenvalue weighted by molar-refractivity contribution is 4.76. The molecule has 0 bridgehead atoms. The first-order valence-electron chi connectivity index (χ1n) is 5.08. The molecule has 0 saturated heterocycles. The van der Waals surface area contributed by atoms with Crippen molar-refractivity contribution >= 4 is 0 Å². The second-order valence-electron chi connectivity index (χ2n) is 3.79. The molecule has 1 aliphatic rings. The average Bonchev–Trinajstić information content (AvgIpc) is 2.52. The quantitative estimate of drug-likeness (QED) is 0.658. The third-order valence-corrected chi connectivity index (χ3v) is 2.82. The van der Waals surface area contributed by atoms with Crippen LogP contribution in [0.2, 0.25) is 0 Å². The van der Waals surface area contributed by atoms with Crippen molar-refractivity contribution in [3.63, 3.8) is 0 Å². The Morgan fingerprint density at radius 3 is 2.55 bits per heavy atom. The summed E-state index contributed by atoms with van der Waals surface area (Å²) in [4.78, 5) is 0. The Labute approximate surface area is 70.6 Å². The molecular weight excluding hydrogens is 134 g/mol. The van der Waals surface area contributed by atoms with E-state index in [4.69, 9.17) is 0 Å². The molecule has 1 N–H and O–H groups in total. The molecule has 11 heavy (non-hydrogen) atoms. The van der Waals surface area contributed by atoms with Crippen LogP contribution in [-0.4, -0.2) is 12.6 Å². The summed E-state index contributed by atoms with van der Waals surface area (Å²) in [6.07, 6.45) is 7.10. The Hall–Kier alpha value is -0.0400. The van der Waals surface area contributed by atoms with Gasteiger partial charge in [0.15, 0.2) is 0 Å². The van der Waals surface area contributed by atoms with Gasteiger partial charge in [-0.25, -0.2) is 0 Å². The zero-order chi connectivity index (χ0) is 8.10. The first-order valence-corrected chi connectivity index (χ1v) is 5.08. The van der Waals surface area contributed by atoms with Gasteiger partial charge in [-0.3, -0.25) is 0 Å². The molecule has 0 aromatic carbocycles. The van der Waals surface area contributed by atoms with Gasteiger partial charge >= 0.3 is 0 Å². The normalized spacial score (nSPS) is 22.4. The maximum absolute atomic E-state index is 3.57. The van der Waals surface area contributed by atoms with Crippen LogP contribution < -0.4 is 5.32 Å². The third kappa shape index (κ3) is 2.82. The van der Waals surface area contributed by atoms with Gasteiger partial charge in [-0.05, 0) is 38.6 Å². The third-order valence-electron chi connectivity index (χ3n) is 2.82. The van der Waals surface area contributed by atoms with Gasteiger partial charge in [0.1, 0.15) is 0 Å². The van der Waals surface area contributed by atoms with Crippen molar-refractivity contribution in [2.75, 3.05) is 6.54 Å². The molecule has 0 unspecified atom stereocenters. The van der Waals surface area contributed by atoms with Crippen LogP contribution in [0, 0.1) is 5.92 Å². The van der Waals surface area contributed by atoms with Crippen molar-refractivity contribution in [1.82, 2.24) is 5.32 Å². The minimum Gasteiger partial charge on any atom is -0.314 e. The van der Waals surface area contributed by atoms with E-state index in [9.17, 15) is 0 Å². The lowest BCUT2D eigenvalue weighted by atomic mass is 10.00. The van der Waals surface area contributed by atoms with Crippen LogP contribution in [0.15, 0.2) is 0 Å². The minimum atomic E-state index is 0.762. The predicted octanol–water partition coefficient (Wildman–Crippen LogP) is 2.56. The molecule has 0 radical (unpaired) electrons. The lowest BCUT2D eigenvalue weighted by Gasteiger charge is -2.19. The Balaban J connectivity index is 2.12. The van der Waals surface area contributed by atoms with Crippen molar-refractivity contribution < 1.29 is 0 Å². The van der Waals surface area contributed by atoms with E-state index in [2.05, 4.69) is 19.2 Å². The molecule has 0 aliphatic heterocycles. The molecule has 1 atom stereocenters. The molecular formula is C10H21N. The monoisotopic (exact) mass is 155 g/mol. The SMILES string of the molecule is CCCN[C@@H](C)C1CCCC1. The fourth-order valence-electron chi connectivity index (χ4n) is 2.00. The van der Waals surface area contributed by atoms with E-state index in [0.717, 1.165) is 12.0 Å². The molecule has 1 rings (SSSR count). The average molecular weight is 155 g/mol. The smallest absolute Gasteiger partial charge is 0.00669 e. The summed E-state index contributed by atoms with van der Waals surface area (Å²) in [5, 5.41) is 3.57. The molecule has 0 heterocycles. The summed E-state index contributed by atoms with van der Waals surface area (Å²) in [6, 6.07) is 0.762. The van der Waals surface area contributed by atoms with E-state index in [0.29, 0.717) is 0 Å². The van der Waals surface area contributed by atoms with Crippen molar-refractivity contribution in [2.45, 2.75) is 52.0 Å². The Bertz CT molecular complexity index is 95.0. The number of nitrogens with one attached hydrogen (secondary N) is 1. The summed E-state index contributed by atoms with van der Waals surface area (Å²) in [5.74, 6) is 0.974. The van der Waals surface area contributed by atoms with Crippen LogP contribution in [0.25, 0.3) is 0 Å². The highest BCUT2D eigenvalue weighted by Gasteiger charge is 2.20. The van der Waals surface area contributed by atoms with Gasteiger partial charge in [-0.2, -0.15) is 0 Å². The molecule has 1 fully saturated rings. The van der Waals surface area contributed by atoms with Crippen LogP contribution in [-0.2, 0) is 0 Å². The van der Waals surface area contributed by atoms with Gasteiger partial charge in [0.25, 0.3) is 0 Å². The molecule has 0 amide bonds. The van der Waals surface area contributed by atoms with Gasteiger partial charge < -0.3 is 5.32 Å². The van der Waals surface area contributed by atoms with Crippen LogP contribution >= 0.6 is 0 Å². The lowest BCUT2D eigenvalue weighted by Crippen LogP contribution is -2.32. The fourth-order valence-corrected chi connectivity index (χ4v) is 2.00. The maximum Gasteiger partial charge on any atom is 0.00669 e. The van der Waals surface area contributed by atoms with E-state index in [1.54, 1.807) is 0 Å². The van der Waals surface area contributed by atoms with Crippen LogP contribution in [0.5, 0.6) is 0 Å². The second-order valence-corrected chi connectivity index (χ2v) is 3.79. The first kappa shape index (κ1) is 9.05. The minimum absolute atomic E-state index is 0.762. The Morgan fingerprint density at radius 1 is 1.36 bits per heavy atom. The number of hydrogen-bond donors (Lipinski definition) is 1. The predicted molar refractivity (Wildman–Crippen MR) is 49.7 cm³/mol. The van der Waals surface area contributed by atoms with Gasteiger partial charge in [-0.15, -0.1) is 0 Å². The number of rotatable bonds is 4. The van der Waals surface area contributed by atoms with Crippen LogP contribution in [0.1, 0.15) is 46.0 Å². The zero-order valence-electron chi connectivity index (χ0n) is 7.90. The van der Waals surface area contributed by atoms with Gasteiger partial charge in [0, 0.05) is 6.04 Å². The van der Waals surface area contributed by atoms with Crippen molar-refractivity contribution in [1.29, 1.82) is 0 Å². The molecule has 66 valence electrons. The maximum atomic E-state index is 3.57. The van der Waals surface area contributed by atoms with Crippen LogP contribution in [0.4, 0.5) is 0 Å². The summed E-state index contributed by atoms with van der Waals surface area (Å²) in [5.41, 5.74) is 0. The molecule has 1 heteroatoms. The van der Waals surface area contributed by atoms with Gasteiger partial charge in [0.05, 0.1) is 0 Å². The zero-order valence-corrected chi connectivity index (χ0v) is 7.90. The topological polar surface area (TPSA) is 12.0 Å². The molecule has 0 aromatic heterocycles. The van der Waals surface area contributed by atoms with Gasteiger partial charge in [-0.1, -0.05) is 19.8 Å². The highest BCUT2D eigenvalue weighted by Crippen LogP contribution is 2.27. The van der Waals surface area contributed by atoms with E-state index in [1.807, 2.05) is 0 Å². The molecule has 1 nitrogen and oxygen atoms in total. The molecule has 0 spiro atoms. The molecule has 0 aromatic rings. The van der Waals surface area contributed by atoms with E-state index in [-0.39, 0.29) is 0 Å². The standard InChI is InChI=1S/C10H21N/c1-3-8-11-9(2)10-6-4-5-7-10/h9-11H,3-8H2,1-2H3/t9-/m0/s1. The number of hydrogen-bond acceptors (Lipinski definition) is 1. The summed E-state index contributed by atoms with van der Waals surface area (Å²) >= 11 is 0. The second kappa shape index (κ2) is 4.76. The van der Waals surface area contributed by atoms with Crippen molar-refractivity contribution in [3.05, 3.63) is 0 Å². The summed E-state index contributed by atoms with van der Waals surface area (Å²) in [6.45, 7) is 5.76. The van der Waals surface area contributed by atoms with Crippen molar-refractivity contribution in [3.8, 4) is 0 Å². The molecule has 1 saturated carbocycles. The Kier molecular flexibility index (Phi) is 3.92. The first-order chi connectivity index (χ1) is 5.34. The van der Waals surface area contributed by atoms with Gasteiger partial charge in [0.2, 0.25) is 0 Å².